The summed E-state index contributed by atoms with van der Waals surface area (Å²) in [7, 11) is -3.89. The molecule has 3 rings (SSSR count). The quantitative estimate of drug-likeness (QED) is 0.813. The van der Waals surface area contributed by atoms with Gasteiger partial charge in [0.15, 0.2) is 0 Å². The molecule has 0 saturated carbocycles. The monoisotopic (exact) mass is 384 g/mol. The zero-order chi connectivity index (χ0) is 19.4. The summed E-state index contributed by atoms with van der Waals surface area (Å²) < 4.78 is 26.5. The van der Waals surface area contributed by atoms with Crippen molar-refractivity contribution in [3.8, 4) is 6.07 Å². The first-order valence-corrected chi connectivity index (χ1v) is 9.52. The lowest BCUT2D eigenvalue weighted by Gasteiger charge is -2.26. The van der Waals surface area contributed by atoms with E-state index in [2.05, 4.69) is 10.6 Å². The van der Waals surface area contributed by atoms with E-state index in [1.165, 1.54) is 30.3 Å². The third-order valence-electron chi connectivity index (χ3n) is 3.99. The van der Waals surface area contributed by atoms with Crippen molar-refractivity contribution in [2.24, 2.45) is 0 Å². The van der Waals surface area contributed by atoms with E-state index in [9.17, 15) is 18.0 Å². The molecular formula is C18H16N4O4S. The van der Waals surface area contributed by atoms with Crippen LogP contribution in [0.25, 0.3) is 0 Å². The number of nitrogens with zero attached hydrogens (tertiary/aromatic N) is 2. The van der Waals surface area contributed by atoms with Crippen molar-refractivity contribution in [2.75, 3.05) is 25.0 Å². The van der Waals surface area contributed by atoms with Gasteiger partial charge < -0.3 is 10.6 Å². The minimum atomic E-state index is -3.89. The van der Waals surface area contributed by atoms with Crippen LogP contribution < -0.4 is 10.6 Å². The summed E-state index contributed by atoms with van der Waals surface area (Å²) in [5, 5.41) is 14.1. The number of piperazine rings is 1. The van der Waals surface area contributed by atoms with Gasteiger partial charge in [0.05, 0.1) is 23.1 Å². The Morgan fingerprint density at radius 1 is 1.19 bits per heavy atom. The standard InChI is InChI=1S/C18H16N4O4S/c19-11-13-3-1-5-15(9-13)21-18(24)14-4-2-6-16(10-14)27(25,26)22-8-7-20-17(23)12-22/h1-6,9-10H,7-8,12H2,(H,20,23)(H,21,24). The van der Waals surface area contributed by atoms with Crippen LogP contribution in [0, 0.1) is 11.3 Å². The number of nitriles is 1. The summed E-state index contributed by atoms with van der Waals surface area (Å²) in [4.78, 5) is 23.9. The molecule has 0 atom stereocenters. The molecule has 0 aromatic heterocycles. The highest BCUT2D eigenvalue weighted by Crippen LogP contribution is 2.19. The van der Waals surface area contributed by atoms with Gasteiger partial charge in [0.2, 0.25) is 15.9 Å². The lowest BCUT2D eigenvalue weighted by atomic mass is 10.2. The van der Waals surface area contributed by atoms with Crippen molar-refractivity contribution in [3.63, 3.8) is 0 Å². The first kappa shape index (κ1) is 18.6. The zero-order valence-electron chi connectivity index (χ0n) is 14.2. The number of hydrogen-bond donors (Lipinski definition) is 2. The molecule has 1 aliphatic heterocycles. The highest BCUT2D eigenvalue weighted by Gasteiger charge is 2.29. The van der Waals surface area contributed by atoms with E-state index in [0.29, 0.717) is 11.3 Å². The lowest BCUT2D eigenvalue weighted by molar-refractivity contribution is -0.122. The van der Waals surface area contributed by atoms with E-state index in [4.69, 9.17) is 5.26 Å². The predicted octanol–water partition coefficient (Wildman–Crippen LogP) is 0.931. The number of rotatable bonds is 4. The molecule has 1 saturated heterocycles. The maximum absolute atomic E-state index is 12.7. The third-order valence-corrected chi connectivity index (χ3v) is 5.83. The lowest BCUT2D eigenvalue weighted by Crippen LogP contribution is -2.49. The Bertz CT molecular complexity index is 1040. The fraction of sp³-hybridized carbons (Fsp3) is 0.167. The van der Waals surface area contributed by atoms with E-state index in [1.54, 1.807) is 18.2 Å². The van der Waals surface area contributed by atoms with Gasteiger partial charge in [0.25, 0.3) is 5.91 Å². The summed E-state index contributed by atoms with van der Waals surface area (Å²) in [5.74, 6) is -0.866. The maximum Gasteiger partial charge on any atom is 0.255 e. The van der Waals surface area contributed by atoms with Crippen LogP contribution >= 0.6 is 0 Å². The number of sulfonamides is 1. The average Bonchev–Trinajstić information content (AvgIpc) is 2.68. The normalized spacial score (nSPS) is 14.9. The van der Waals surface area contributed by atoms with Crippen molar-refractivity contribution in [2.45, 2.75) is 4.90 Å². The second-order valence-electron chi connectivity index (χ2n) is 5.86. The minimum Gasteiger partial charge on any atom is -0.354 e. The number of benzene rings is 2. The van der Waals surface area contributed by atoms with Crippen molar-refractivity contribution in [1.82, 2.24) is 9.62 Å². The maximum atomic E-state index is 12.7. The van der Waals surface area contributed by atoms with Gasteiger partial charge in [-0.25, -0.2) is 8.42 Å². The van der Waals surface area contributed by atoms with Crippen LogP contribution in [-0.2, 0) is 14.8 Å². The van der Waals surface area contributed by atoms with Crippen molar-refractivity contribution in [1.29, 1.82) is 5.26 Å². The van der Waals surface area contributed by atoms with Gasteiger partial charge in [-0.1, -0.05) is 12.1 Å². The Balaban J connectivity index is 1.83. The summed E-state index contributed by atoms with van der Waals surface area (Å²) >= 11 is 0. The minimum absolute atomic E-state index is 0.0596. The second kappa shape index (κ2) is 7.57. The van der Waals surface area contributed by atoms with E-state index in [1.807, 2.05) is 6.07 Å². The molecule has 0 bridgehead atoms. The first-order valence-electron chi connectivity index (χ1n) is 8.08. The van der Waals surface area contributed by atoms with Gasteiger partial charge >= 0.3 is 0 Å². The smallest absolute Gasteiger partial charge is 0.255 e. The topological polar surface area (TPSA) is 119 Å². The van der Waals surface area contributed by atoms with Crippen LogP contribution in [0.3, 0.4) is 0 Å². The van der Waals surface area contributed by atoms with Crippen LogP contribution in [0.2, 0.25) is 0 Å². The van der Waals surface area contributed by atoms with Gasteiger partial charge in [0, 0.05) is 24.3 Å². The highest BCUT2D eigenvalue weighted by atomic mass is 32.2. The summed E-state index contributed by atoms with van der Waals surface area (Å²) in [5.41, 5.74) is 0.979. The zero-order valence-corrected chi connectivity index (χ0v) is 15.0. The van der Waals surface area contributed by atoms with E-state index in [0.717, 1.165) is 4.31 Å². The largest absolute Gasteiger partial charge is 0.354 e. The van der Waals surface area contributed by atoms with Gasteiger partial charge in [-0.3, -0.25) is 9.59 Å². The van der Waals surface area contributed by atoms with Gasteiger partial charge in [0.1, 0.15) is 0 Å². The molecule has 138 valence electrons. The molecule has 1 fully saturated rings. The summed E-state index contributed by atoms with van der Waals surface area (Å²) in [6, 6.07) is 14.0. The van der Waals surface area contributed by atoms with Gasteiger partial charge in [-0.05, 0) is 36.4 Å². The van der Waals surface area contributed by atoms with Crippen molar-refractivity contribution < 1.29 is 18.0 Å². The van der Waals surface area contributed by atoms with Crippen molar-refractivity contribution in [3.05, 3.63) is 59.7 Å². The van der Waals surface area contributed by atoms with E-state index in [-0.39, 0.29) is 36.0 Å². The summed E-state index contributed by atoms with van der Waals surface area (Å²) in [6.45, 7) is 0.165. The summed E-state index contributed by atoms with van der Waals surface area (Å²) in [6.07, 6.45) is 0. The average molecular weight is 384 g/mol. The van der Waals surface area contributed by atoms with Crippen LogP contribution in [0.5, 0.6) is 0 Å². The molecule has 9 heteroatoms. The number of carbonyl (C=O) groups is 2. The van der Waals surface area contributed by atoms with Gasteiger partial charge in [-0.15, -0.1) is 0 Å². The Kier molecular flexibility index (Phi) is 5.21. The Morgan fingerprint density at radius 3 is 2.70 bits per heavy atom. The molecule has 2 aromatic rings. The molecule has 0 aliphatic carbocycles. The number of carbonyl (C=O) groups excluding carboxylic acids is 2. The second-order valence-corrected chi connectivity index (χ2v) is 7.80. The van der Waals surface area contributed by atoms with Crippen LogP contribution in [0.4, 0.5) is 5.69 Å². The van der Waals surface area contributed by atoms with Crippen LogP contribution in [0.1, 0.15) is 15.9 Å². The Morgan fingerprint density at radius 2 is 1.96 bits per heavy atom. The molecule has 1 aliphatic rings. The molecule has 27 heavy (non-hydrogen) atoms. The molecule has 2 aromatic carbocycles. The molecular weight excluding hydrogens is 368 g/mol. The van der Waals surface area contributed by atoms with Crippen molar-refractivity contribution >= 4 is 27.5 Å². The first-order chi connectivity index (χ1) is 12.9. The third kappa shape index (κ3) is 4.13. The number of hydrogen-bond acceptors (Lipinski definition) is 5. The Hall–Kier alpha value is -3.22. The number of nitrogens with one attached hydrogen (secondary N) is 2. The van der Waals surface area contributed by atoms with Crippen LogP contribution in [0.15, 0.2) is 53.4 Å². The fourth-order valence-corrected chi connectivity index (χ4v) is 4.08. The molecule has 8 nitrogen and oxygen atoms in total. The molecule has 0 unspecified atom stereocenters. The number of anilines is 1. The molecule has 2 N–H and O–H groups in total. The van der Waals surface area contributed by atoms with Gasteiger partial charge in [-0.2, -0.15) is 9.57 Å². The Labute approximate surface area is 156 Å². The number of amides is 2. The van der Waals surface area contributed by atoms with Crippen LogP contribution in [-0.4, -0.2) is 44.2 Å². The molecule has 0 radical (unpaired) electrons. The molecule has 0 spiro atoms. The SMILES string of the molecule is N#Cc1cccc(NC(=O)c2cccc(S(=O)(=O)N3CCNC(=O)C3)c2)c1. The fourth-order valence-electron chi connectivity index (χ4n) is 2.64. The highest BCUT2D eigenvalue weighted by molar-refractivity contribution is 7.89. The molecule has 2 amide bonds. The van der Waals surface area contributed by atoms with E-state index < -0.39 is 15.9 Å². The molecule has 1 heterocycles. The predicted molar refractivity (Wildman–Crippen MR) is 97.3 cm³/mol. The van der Waals surface area contributed by atoms with E-state index >= 15 is 0 Å².